The van der Waals surface area contributed by atoms with Crippen molar-refractivity contribution < 1.29 is 9.18 Å². The Morgan fingerprint density at radius 1 is 1.38 bits per heavy atom. The molecule has 0 aromatic heterocycles. The van der Waals surface area contributed by atoms with Crippen LogP contribution in [0.15, 0.2) is 42.2 Å². The number of allylic oxidation sites excluding steroid dienone is 1. The highest BCUT2D eigenvalue weighted by Crippen LogP contribution is 2.04. The Hall–Kier alpha value is -1.64. The van der Waals surface area contributed by atoms with Gasteiger partial charge in [-0.05, 0) is 18.2 Å². The zero-order valence-corrected chi connectivity index (χ0v) is 7.03. The molecule has 0 aliphatic carbocycles. The summed E-state index contributed by atoms with van der Waals surface area (Å²) < 4.78 is 12.3. The third-order valence-corrected chi connectivity index (χ3v) is 1.49. The zero-order valence-electron chi connectivity index (χ0n) is 7.03. The van der Waals surface area contributed by atoms with Gasteiger partial charge in [0, 0.05) is 12.2 Å². The first kappa shape index (κ1) is 9.45. The standard InChI is InChI=1S/C10H10FNO/c11-9(8-13)6-7-12-10-4-2-1-3-5-10/h1-6,8,12H,7H2/b9-6+. The lowest BCUT2D eigenvalue weighted by Crippen LogP contribution is -1.98. The van der Waals surface area contributed by atoms with Crippen LogP contribution in [-0.2, 0) is 4.79 Å². The Kier molecular flexibility index (Phi) is 3.70. The van der Waals surface area contributed by atoms with E-state index in [-0.39, 0.29) is 6.29 Å². The number of rotatable bonds is 4. The van der Waals surface area contributed by atoms with Crippen LogP contribution in [0.5, 0.6) is 0 Å². The first-order chi connectivity index (χ1) is 6.33. The monoisotopic (exact) mass is 179 g/mol. The predicted octanol–water partition coefficient (Wildman–Crippen LogP) is 2.15. The average molecular weight is 179 g/mol. The topological polar surface area (TPSA) is 29.1 Å². The molecule has 0 atom stereocenters. The molecule has 0 fully saturated rings. The maximum absolute atomic E-state index is 12.3. The summed E-state index contributed by atoms with van der Waals surface area (Å²) in [6.45, 7) is 0.314. The van der Waals surface area contributed by atoms with Crippen molar-refractivity contribution in [1.29, 1.82) is 0 Å². The Labute approximate surface area is 76.1 Å². The molecule has 0 bridgehead atoms. The van der Waals surface area contributed by atoms with E-state index >= 15 is 0 Å². The van der Waals surface area contributed by atoms with E-state index in [0.717, 1.165) is 5.69 Å². The molecular formula is C10H10FNO. The minimum atomic E-state index is -0.747. The number of carbonyl (C=O) groups excluding carboxylic acids is 1. The van der Waals surface area contributed by atoms with E-state index in [1.54, 1.807) is 0 Å². The summed E-state index contributed by atoms with van der Waals surface area (Å²) in [5, 5.41) is 2.93. The van der Waals surface area contributed by atoms with Crippen LogP contribution in [0.1, 0.15) is 0 Å². The van der Waals surface area contributed by atoms with Crippen molar-refractivity contribution in [2.24, 2.45) is 0 Å². The highest BCUT2D eigenvalue weighted by Gasteiger charge is 1.89. The predicted molar refractivity (Wildman–Crippen MR) is 50.2 cm³/mol. The van der Waals surface area contributed by atoms with Crippen molar-refractivity contribution in [1.82, 2.24) is 0 Å². The van der Waals surface area contributed by atoms with Crippen molar-refractivity contribution in [3.63, 3.8) is 0 Å². The fourth-order valence-corrected chi connectivity index (χ4v) is 0.871. The fraction of sp³-hybridized carbons (Fsp3) is 0.100. The average Bonchev–Trinajstić information content (AvgIpc) is 2.19. The van der Waals surface area contributed by atoms with Gasteiger partial charge < -0.3 is 5.32 Å². The van der Waals surface area contributed by atoms with Crippen molar-refractivity contribution >= 4 is 12.0 Å². The van der Waals surface area contributed by atoms with Gasteiger partial charge in [-0.3, -0.25) is 4.79 Å². The maximum Gasteiger partial charge on any atom is 0.178 e. The van der Waals surface area contributed by atoms with E-state index in [4.69, 9.17) is 0 Å². The van der Waals surface area contributed by atoms with E-state index < -0.39 is 5.83 Å². The molecule has 0 unspecified atom stereocenters. The first-order valence-electron chi connectivity index (χ1n) is 3.92. The van der Waals surface area contributed by atoms with Crippen LogP contribution in [0.25, 0.3) is 0 Å². The van der Waals surface area contributed by atoms with E-state index in [0.29, 0.717) is 6.54 Å². The lowest BCUT2D eigenvalue weighted by Gasteiger charge is -2.00. The van der Waals surface area contributed by atoms with Gasteiger partial charge in [-0.2, -0.15) is 0 Å². The summed E-state index contributed by atoms with van der Waals surface area (Å²) in [6, 6.07) is 9.39. The van der Waals surface area contributed by atoms with Crippen LogP contribution in [0.2, 0.25) is 0 Å². The number of benzene rings is 1. The van der Waals surface area contributed by atoms with Crippen molar-refractivity contribution in [3.8, 4) is 0 Å². The number of hydrogen-bond donors (Lipinski definition) is 1. The summed E-state index contributed by atoms with van der Waals surface area (Å²) in [5.41, 5.74) is 0.900. The van der Waals surface area contributed by atoms with Crippen molar-refractivity contribution in [2.75, 3.05) is 11.9 Å². The van der Waals surface area contributed by atoms with E-state index in [9.17, 15) is 9.18 Å². The van der Waals surface area contributed by atoms with Crippen molar-refractivity contribution in [3.05, 3.63) is 42.2 Å². The van der Waals surface area contributed by atoms with Gasteiger partial charge in [-0.25, -0.2) is 4.39 Å². The number of para-hydroxylation sites is 1. The minimum absolute atomic E-state index is 0.187. The van der Waals surface area contributed by atoms with Crippen LogP contribution in [-0.4, -0.2) is 12.8 Å². The molecule has 2 nitrogen and oxygen atoms in total. The van der Waals surface area contributed by atoms with Gasteiger partial charge in [-0.15, -0.1) is 0 Å². The number of carbonyl (C=O) groups is 1. The highest BCUT2D eigenvalue weighted by atomic mass is 19.1. The highest BCUT2D eigenvalue weighted by molar-refractivity contribution is 5.69. The molecule has 0 saturated carbocycles. The quantitative estimate of drug-likeness (QED) is 0.566. The molecule has 0 aliphatic rings. The molecule has 13 heavy (non-hydrogen) atoms. The number of aldehydes is 1. The van der Waals surface area contributed by atoms with E-state index in [2.05, 4.69) is 5.32 Å². The summed E-state index contributed by atoms with van der Waals surface area (Å²) in [6.07, 6.45) is 1.38. The maximum atomic E-state index is 12.3. The molecule has 3 heteroatoms. The lowest BCUT2D eigenvalue weighted by molar-refractivity contribution is -0.106. The largest absolute Gasteiger partial charge is 0.381 e. The normalized spacial score (nSPS) is 11.0. The summed E-state index contributed by atoms with van der Waals surface area (Å²) in [4.78, 5) is 9.88. The third-order valence-electron chi connectivity index (χ3n) is 1.49. The molecule has 0 amide bonds. The van der Waals surface area contributed by atoms with Gasteiger partial charge in [0.1, 0.15) is 0 Å². The molecule has 0 radical (unpaired) electrons. The van der Waals surface area contributed by atoms with Crippen LogP contribution in [0, 0.1) is 0 Å². The summed E-state index contributed by atoms with van der Waals surface area (Å²) in [7, 11) is 0. The molecular weight excluding hydrogens is 169 g/mol. The lowest BCUT2D eigenvalue weighted by atomic mass is 10.3. The van der Waals surface area contributed by atoms with Gasteiger partial charge in [0.25, 0.3) is 0 Å². The summed E-state index contributed by atoms with van der Waals surface area (Å²) >= 11 is 0. The van der Waals surface area contributed by atoms with Gasteiger partial charge in [-0.1, -0.05) is 18.2 Å². The Balaban J connectivity index is 2.40. The smallest absolute Gasteiger partial charge is 0.178 e. The van der Waals surface area contributed by atoms with Crippen LogP contribution in [0.4, 0.5) is 10.1 Å². The van der Waals surface area contributed by atoms with Crippen LogP contribution in [0.3, 0.4) is 0 Å². The molecule has 0 aliphatic heterocycles. The third kappa shape index (κ3) is 3.51. The minimum Gasteiger partial charge on any atom is -0.381 e. The van der Waals surface area contributed by atoms with E-state index in [1.807, 2.05) is 30.3 Å². The Morgan fingerprint density at radius 2 is 2.08 bits per heavy atom. The van der Waals surface area contributed by atoms with Crippen LogP contribution >= 0.6 is 0 Å². The number of halogens is 1. The zero-order chi connectivity index (χ0) is 9.52. The summed E-state index contributed by atoms with van der Waals surface area (Å²) in [5.74, 6) is -0.747. The van der Waals surface area contributed by atoms with E-state index in [1.165, 1.54) is 6.08 Å². The van der Waals surface area contributed by atoms with Gasteiger partial charge in [0.15, 0.2) is 12.1 Å². The second-order valence-electron chi connectivity index (χ2n) is 2.45. The Bertz CT molecular complexity index is 295. The number of nitrogens with one attached hydrogen (secondary N) is 1. The SMILES string of the molecule is O=C/C(F)=C\CNc1ccccc1. The molecule has 0 heterocycles. The Morgan fingerprint density at radius 3 is 2.69 bits per heavy atom. The second-order valence-corrected chi connectivity index (χ2v) is 2.45. The van der Waals surface area contributed by atoms with Crippen LogP contribution < -0.4 is 5.32 Å². The molecule has 1 aromatic carbocycles. The molecule has 0 spiro atoms. The number of anilines is 1. The van der Waals surface area contributed by atoms with Gasteiger partial charge >= 0.3 is 0 Å². The second kappa shape index (κ2) is 5.09. The van der Waals surface area contributed by atoms with Crippen molar-refractivity contribution in [2.45, 2.75) is 0 Å². The fourth-order valence-electron chi connectivity index (χ4n) is 0.871. The molecule has 1 N–H and O–H groups in total. The molecule has 0 saturated heterocycles. The van der Waals surface area contributed by atoms with Gasteiger partial charge in [0.05, 0.1) is 0 Å². The van der Waals surface area contributed by atoms with Gasteiger partial charge in [0.2, 0.25) is 0 Å². The molecule has 1 aromatic rings. The molecule has 1 rings (SSSR count). The molecule has 68 valence electrons. The first-order valence-corrected chi connectivity index (χ1v) is 3.92. The number of hydrogen-bond acceptors (Lipinski definition) is 2.